The Bertz CT molecular complexity index is 638. The molecule has 1 spiro atoms. The standard InChI is InChI=1S/C16H18Cl2N2O3/c17-12-3-2-11(8-13(12)18)23-9-14(21)20-7-5-16(10-20)4-1-6-19-15(16)22/h2-3,8H,1,4-7,9-10H2,(H,19,22)/t16-/m0/s1. The zero-order chi connectivity index (χ0) is 16.4. The highest BCUT2D eigenvalue weighted by Gasteiger charge is 2.46. The summed E-state index contributed by atoms with van der Waals surface area (Å²) in [6.45, 7) is 1.73. The molecule has 0 bridgehead atoms. The molecule has 0 radical (unpaired) electrons. The van der Waals surface area contributed by atoms with E-state index in [0.29, 0.717) is 28.9 Å². The first-order valence-corrected chi connectivity index (χ1v) is 8.40. The maximum absolute atomic E-state index is 12.3. The molecule has 0 saturated carbocycles. The van der Waals surface area contributed by atoms with Crippen LogP contribution < -0.4 is 10.1 Å². The van der Waals surface area contributed by atoms with Crippen LogP contribution in [0.1, 0.15) is 19.3 Å². The smallest absolute Gasteiger partial charge is 0.260 e. The van der Waals surface area contributed by atoms with Crippen molar-refractivity contribution in [3.63, 3.8) is 0 Å². The highest BCUT2D eigenvalue weighted by Crippen LogP contribution is 2.37. The summed E-state index contributed by atoms with van der Waals surface area (Å²) < 4.78 is 5.48. The van der Waals surface area contributed by atoms with Gasteiger partial charge < -0.3 is 15.0 Å². The van der Waals surface area contributed by atoms with Crippen LogP contribution in [-0.4, -0.2) is 43.0 Å². The fourth-order valence-electron chi connectivity index (χ4n) is 3.21. The third kappa shape index (κ3) is 3.40. The maximum atomic E-state index is 12.3. The largest absolute Gasteiger partial charge is 0.484 e. The van der Waals surface area contributed by atoms with Crippen LogP contribution in [0.3, 0.4) is 0 Å². The average Bonchev–Trinajstić information content (AvgIpc) is 2.97. The summed E-state index contributed by atoms with van der Waals surface area (Å²) in [5, 5.41) is 3.73. The molecule has 7 heteroatoms. The second-order valence-corrected chi connectivity index (χ2v) is 6.88. The molecule has 1 atom stereocenters. The number of halogens is 2. The first-order valence-electron chi connectivity index (χ1n) is 7.64. The number of hydrogen-bond acceptors (Lipinski definition) is 3. The summed E-state index contributed by atoms with van der Waals surface area (Å²) in [7, 11) is 0. The Kier molecular flexibility index (Phi) is 4.69. The number of ether oxygens (including phenoxy) is 1. The number of amides is 2. The molecule has 2 fully saturated rings. The van der Waals surface area contributed by atoms with Gasteiger partial charge in [0.15, 0.2) is 6.61 Å². The van der Waals surface area contributed by atoms with E-state index in [4.69, 9.17) is 27.9 Å². The van der Waals surface area contributed by atoms with Crippen molar-refractivity contribution in [2.45, 2.75) is 19.3 Å². The normalized spacial score (nSPS) is 23.9. The van der Waals surface area contributed by atoms with Crippen molar-refractivity contribution < 1.29 is 14.3 Å². The van der Waals surface area contributed by atoms with Crippen LogP contribution in [0.2, 0.25) is 10.0 Å². The first-order chi connectivity index (χ1) is 11.0. The third-order valence-electron chi connectivity index (χ3n) is 4.56. The van der Waals surface area contributed by atoms with E-state index in [9.17, 15) is 9.59 Å². The summed E-state index contributed by atoms with van der Waals surface area (Å²) in [4.78, 5) is 26.2. The van der Waals surface area contributed by atoms with Crippen molar-refractivity contribution in [2.24, 2.45) is 5.41 Å². The number of nitrogens with zero attached hydrogens (tertiary/aromatic N) is 1. The van der Waals surface area contributed by atoms with E-state index < -0.39 is 5.41 Å². The van der Waals surface area contributed by atoms with Gasteiger partial charge in [0.1, 0.15) is 5.75 Å². The molecule has 2 heterocycles. The second-order valence-electron chi connectivity index (χ2n) is 6.07. The predicted molar refractivity (Wildman–Crippen MR) is 87.8 cm³/mol. The lowest BCUT2D eigenvalue weighted by atomic mass is 9.79. The van der Waals surface area contributed by atoms with Crippen LogP contribution in [0.5, 0.6) is 5.75 Å². The Hall–Kier alpha value is -1.46. The van der Waals surface area contributed by atoms with Crippen molar-refractivity contribution in [3.8, 4) is 5.75 Å². The van der Waals surface area contributed by atoms with E-state index in [1.54, 1.807) is 23.1 Å². The van der Waals surface area contributed by atoms with Crippen LogP contribution in [0.4, 0.5) is 0 Å². The summed E-state index contributed by atoms with van der Waals surface area (Å²) in [5.74, 6) is 0.452. The molecule has 0 unspecified atom stereocenters. The van der Waals surface area contributed by atoms with E-state index in [0.717, 1.165) is 25.8 Å². The lowest BCUT2D eigenvalue weighted by Gasteiger charge is -2.32. The average molecular weight is 357 g/mol. The maximum Gasteiger partial charge on any atom is 0.260 e. The highest BCUT2D eigenvalue weighted by atomic mass is 35.5. The van der Waals surface area contributed by atoms with Gasteiger partial charge >= 0.3 is 0 Å². The van der Waals surface area contributed by atoms with E-state index in [2.05, 4.69) is 5.32 Å². The van der Waals surface area contributed by atoms with E-state index in [1.165, 1.54) is 0 Å². The minimum atomic E-state index is -0.405. The monoisotopic (exact) mass is 356 g/mol. The molecule has 124 valence electrons. The fourth-order valence-corrected chi connectivity index (χ4v) is 3.50. The van der Waals surface area contributed by atoms with Crippen molar-refractivity contribution >= 4 is 35.0 Å². The number of nitrogens with one attached hydrogen (secondary N) is 1. The number of rotatable bonds is 3. The van der Waals surface area contributed by atoms with Gasteiger partial charge in [-0.1, -0.05) is 23.2 Å². The lowest BCUT2D eigenvalue weighted by molar-refractivity contribution is -0.135. The molecule has 2 aliphatic heterocycles. The Morgan fingerprint density at radius 1 is 1.30 bits per heavy atom. The van der Waals surface area contributed by atoms with Gasteiger partial charge in [0, 0.05) is 25.7 Å². The van der Waals surface area contributed by atoms with Gasteiger partial charge in [0.25, 0.3) is 5.91 Å². The van der Waals surface area contributed by atoms with Gasteiger partial charge in [-0.05, 0) is 31.4 Å². The van der Waals surface area contributed by atoms with E-state index >= 15 is 0 Å². The molecule has 3 rings (SSSR count). The van der Waals surface area contributed by atoms with Crippen LogP contribution in [-0.2, 0) is 9.59 Å². The number of carbonyl (C=O) groups excluding carboxylic acids is 2. The number of benzene rings is 1. The summed E-state index contributed by atoms with van der Waals surface area (Å²) in [6, 6.07) is 4.87. The van der Waals surface area contributed by atoms with Gasteiger partial charge in [0.05, 0.1) is 15.5 Å². The zero-order valence-corrected chi connectivity index (χ0v) is 14.1. The number of hydrogen-bond donors (Lipinski definition) is 1. The Morgan fingerprint density at radius 3 is 2.87 bits per heavy atom. The van der Waals surface area contributed by atoms with Crippen LogP contribution in [0.25, 0.3) is 0 Å². The van der Waals surface area contributed by atoms with Crippen molar-refractivity contribution in [1.29, 1.82) is 0 Å². The zero-order valence-electron chi connectivity index (χ0n) is 12.6. The number of carbonyl (C=O) groups is 2. The van der Waals surface area contributed by atoms with Crippen LogP contribution in [0.15, 0.2) is 18.2 Å². The number of piperidine rings is 1. The molecule has 23 heavy (non-hydrogen) atoms. The van der Waals surface area contributed by atoms with Crippen molar-refractivity contribution in [3.05, 3.63) is 28.2 Å². The van der Waals surface area contributed by atoms with Crippen molar-refractivity contribution in [1.82, 2.24) is 10.2 Å². The third-order valence-corrected chi connectivity index (χ3v) is 5.30. The Morgan fingerprint density at radius 2 is 2.13 bits per heavy atom. The molecule has 1 aromatic carbocycles. The quantitative estimate of drug-likeness (QED) is 0.904. The van der Waals surface area contributed by atoms with Gasteiger partial charge in [-0.2, -0.15) is 0 Å². The second kappa shape index (κ2) is 6.57. The molecule has 0 aromatic heterocycles. The molecule has 2 saturated heterocycles. The molecular formula is C16H18Cl2N2O3. The Labute approximate surface area is 144 Å². The van der Waals surface area contributed by atoms with Gasteiger partial charge in [-0.25, -0.2) is 0 Å². The summed E-state index contributed by atoms with van der Waals surface area (Å²) >= 11 is 11.8. The lowest BCUT2D eigenvalue weighted by Crippen LogP contribution is -2.48. The van der Waals surface area contributed by atoms with Crippen molar-refractivity contribution in [2.75, 3.05) is 26.2 Å². The van der Waals surface area contributed by atoms with Gasteiger partial charge in [-0.15, -0.1) is 0 Å². The molecule has 1 aromatic rings. The first kappa shape index (κ1) is 16.4. The van der Waals surface area contributed by atoms with Crippen LogP contribution in [0, 0.1) is 5.41 Å². The Balaban J connectivity index is 1.57. The van der Waals surface area contributed by atoms with Gasteiger partial charge in [-0.3, -0.25) is 9.59 Å². The summed E-state index contributed by atoms with van der Waals surface area (Å²) in [6.07, 6.45) is 2.53. The molecule has 2 aliphatic rings. The van der Waals surface area contributed by atoms with E-state index in [-0.39, 0.29) is 18.4 Å². The topological polar surface area (TPSA) is 58.6 Å². The fraction of sp³-hybridized carbons (Fsp3) is 0.500. The predicted octanol–water partition coefficient (Wildman–Crippen LogP) is 2.50. The molecule has 1 N–H and O–H groups in total. The summed E-state index contributed by atoms with van der Waals surface area (Å²) in [5.41, 5.74) is -0.405. The molecule has 2 amide bonds. The highest BCUT2D eigenvalue weighted by molar-refractivity contribution is 6.42. The van der Waals surface area contributed by atoms with Gasteiger partial charge in [0.2, 0.25) is 5.91 Å². The van der Waals surface area contributed by atoms with Crippen LogP contribution >= 0.6 is 23.2 Å². The SMILES string of the molecule is O=C(COc1ccc(Cl)c(Cl)c1)N1CC[C@@]2(CCCNC2=O)C1. The number of likely N-dealkylation sites (tertiary alicyclic amines) is 1. The van der Waals surface area contributed by atoms with E-state index in [1.807, 2.05) is 0 Å². The minimum Gasteiger partial charge on any atom is -0.484 e. The molecular weight excluding hydrogens is 339 g/mol. The molecule has 0 aliphatic carbocycles. The minimum absolute atomic E-state index is 0.0736. The molecule has 5 nitrogen and oxygen atoms in total.